The highest BCUT2D eigenvalue weighted by Gasteiger charge is 2.16. The van der Waals surface area contributed by atoms with Crippen molar-refractivity contribution in [2.24, 2.45) is 0 Å². The van der Waals surface area contributed by atoms with Gasteiger partial charge in [-0.3, -0.25) is 4.79 Å². The molecule has 7 heteroatoms. The summed E-state index contributed by atoms with van der Waals surface area (Å²) in [6.07, 6.45) is 1.83. The molecule has 0 radical (unpaired) electrons. The standard InChI is InChI=1S/C22H24FNO5/c1-4-28-20-13-16(7-11-19(20)27-3)8-12-21(25)29-15(2)22(26)24-14-17-5-9-18(23)10-6-17/h5-13,15H,4,14H2,1-3H3,(H,24,26)/b12-8+/t15-/m1/s1. The molecule has 0 aliphatic carbocycles. The molecule has 0 aliphatic rings. The number of nitrogens with one attached hydrogen (secondary N) is 1. The summed E-state index contributed by atoms with van der Waals surface area (Å²) in [5, 5.41) is 2.64. The number of hydrogen-bond acceptors (Lipinski definition) is 5. The molecule has 0 saturated carbocycles. The lowest BCUT2D eigenvalue weighted by atomic mass is 10.2. The average molecular weight is 401 g/mol. The summed E-state index contributed by atoms with van der Waals surface area (Å²) >= 11 is 0. The first-order chi connectivity index (χ1) is 13.9. The molecule has 0 saturated heterocycles. The van der Waals surface area contributed by atoms with Crippen molar-refractivity contribution in [3.05, 3.63) is 65.5 Å². The predicted molar refractivity (Wildman–Crippen MR) is 107 cm³/mol. The Balaban J connectivity index is 1.87. The van der Waals surface area contributed by atoms with E-state index in [4.69, 9.17) is 14.2 Å². The third kappa shape index (κ3) is 6.95. The fourth-order valence-electron chi connectivity index (χ4n) is 2.43. The molecule has 0 heterocycles. The van der Waals surface area contributed by atoms with Crippen LogP contribution in [0.25, 0.3) is 6.08 Å². The van der Waals surface area contributed by atoms with Crippen molar-refractivity contribution in [1.29, 1.82) is 0 Å². The normalized spacial score (nSPS) is 11.7. The van der Waals surface area contributed by atoms with Gasteiger partial charge < -0.3 is 19.5 Å². The topological polar surface area (TPSA) is 73.9 Å². The molecule has 1 amide bonds. The van der Waals surface area contributed by atoms with Crippen molar-refractivity contribution in [3.8, 4) is 11.5 Å². The minimum Gasteiger partial charge on any atom is -0.493 e. The zero-order valence-electron chi connectivity index (χ0n) is 16.6. The van der Waals surface area contributed by atoms with Crippen LogP contribution in [0.2, 0.25) is 0 Å². The molecule has 2 rings (SSSR count). The highest BCUT2D eigenvalue weighted by atomic mass is 19.1. The van der Waals surface area contributed by atoms with Crippen LogP contribution in [0, 0.1) is 5.82 Å². The smallest absolute Gasteiger partial charge is 0.331 e. The maximum absolute atomic E-state index is 12.9. The Labute approximate surface area is 169 Å². The van der Waals surface area contributed by atoms with E-state index in [-0.39, 0.29) is 12.4 Å². The molecular weight excluding hydrogens is 377 g/mol. The second-order valence-corrected chi connectivity index (χ2v) is 6.10. The first kappa shape index (κ1) is 21.9. The van der Waals surface area contributed by atoms with Gasteiger partial charge in [0.15, 0.2) is 17.6 Å². The highest BCUT2D eigenvalue weighted by molar-refractivity contribution is 5.90. The molecule has 0 aliphatic heterocycles. The molecule has 154 valence electrons. The number of carbonyl (C=O) groups is 2. The third-order valence-electron chi connectivity index (χ3n) is 3.94. The fourth-order valence-corrected chi connectivity index (χ4v) is 2.43. The van der Waals surface area contributed by atoms with E-state index in [9.17, 15) is 14.0 Å². The Hall–Kier alpha value is -3.35. The van der Waals surface area contributed by atoms with Gasteiger partial charge in [0, 0.05) is 12.6 Å². The van der Waals surface area contributed by atoms with Gasteiger partial charge in [0.1, 0.15) is 5.82 Å². The number of esters is 1. The Morgan fingerprint density at radius 1 is 1.14 bits per heavy atom. The number of ether oxygens (including phenoxy) is 3. The molecule has 29 heavy (non-hydrogen) atoms. The summed E-state index contributed by atoms with van der Waals surface area (Å²) in [7, 11) is 1.55. The Morgan fingerprint density at radius 2 is 1.86 bits per heavy atom. The zero-order chi connectivity index (χ0) is 21.2. The van der Waals surface area contributed by atoms with Crippen molar-refractivity contribution in [3.63, 3.8) is 0 Å². The quantitative estimate of drug-likeness (QED) is 0.514. The molecule has 0 bridgehead atoms. The van der Waals surface area contributed by atoms with Gasteiger partial charge in [-0.1, -0.05) is 18.2 Å². The number of rotatable bonds is 9. The number of carbonyl (C=O) groups excluding carboxylic acids is 2. The average Bonchev–Trinajstić information content (AvgIpc) is 2.72. The van der Waals surface area contributed by atoms with Crippen LogP contribution in [0.1, 0.15) is 25.0 Å². The van der Waals surface area contributed by atoms with Crippen molar-refractivity contribution < 1.29 is 28.2 Å². The molecule has 1 atom stereocenters. The molecule has 6 nitrogen and oxygen atoms in total. The van der Waals surface area contributed by atoms with E-state index in [1.54, 1.807) is 43.5 Å². The molecule has 2 aromatic carbocycles. The lowest BCUT2D eigenvalue weighted by Crippen LogP contribution is -2.35. The van der Waals surface area contributed by atoms with Gasteiger partial charge in [0.25, 0.3) is 5.91 Å². The van der Waals surface area contributed by atoms with E-state index in [1.807, 2.05) is 6.92 Å². The van der Waals surface area contributed by atoms with Gasteiger partial charge in [0.05, 0.1) is 13.7 Å². The largest absolute Gasteiger partial charge is 0.493 e. The second-order valence-electron chi connectivity index (χ2n) is 6.10. The van der Waals surface area contributed by atoms with Crippen molar-refractivity contribution >= 4 is 18.0 Å². The number of hydrogen-bond donors (Lipinski definition) is 1. The molecular formula is C22H24FNO5. The minimum absolute atomic E-state index is 0.211. The van der Waals surface area contributed by atoms with E-state index >= 15 is 0 Å². The monoisotopic (exact) mass is 401 g/mol. The first-order valence-electron chi connectivity index (χ1n) is 9.14. The van der Waals surface area contributed by atoms with Crippen LogP contribution >= 0.6 is 0 Å². The van der Waals surface area contributed by atoms with Crippen LogP contribution in [0.4, 0.5) is 4.39 Å². The van der Waals surface area contributed by atoms with E-state index in [1.165, 1.54) is 25.1 Å². The number of halogens is 1. The van der Waals surface area contributed by atoms with Crippen LogP contribution < -0.4 is 14.8 Å². The summed E-state index contributed by atoms with van der Waals surface area (Å²) in [5.74, 6) is -0.279. The molecule has 0 spiro atoms. The third-order valence-corrected chi connectivity index (χ3v) is 3.94. The van der Waals surface area contributed by atoms with Crippen LogP contribution in [-0.4, -0.2) is 31.7 Å². The maximum Gasteiger partial charge on any atom is 0.331 e. The summed E-state index contributed by atoms with van der Waals surface area (Å²) < 4.78 is 28.7. The lowest BCUT2D eigenvalue weighted by molar-refractivity contribution is -0.150. The molecule has 2 aromatic rings. The van der Waals surface area contributed by atoms with Crippen LogP contribution in [0.15, 0.2) is 48.5 Å². The second kappa shape index (κ2) is 10.8. The summed E-state index contributed by atoms with van der Waals surface area (Å²) in [6, 6.07) is 11.0. The highest BCUT2D eigenvalue weighted by Crippen LogP contribution is 2.28. The van der Waals surface area contributed by atoms with Gasteiger partial charge in [-0.15, -0.1) is 0 Å². The van der Waals surface area contributed by atoms with Crippen LogP contribution in [0.5, 0.6) is 11.5 Å². The number of benzene rings is 2. The molecule has 0 fully saturated rings. The summed E-state index contributed by atoms with van der Waals surface area (Å²) in [4.78, 5) is 24.1. The number of methoxy groups -OCH3 is 1. The fraction of sp³-hybridized carbons (Fsp3) is 0.273. The number of amides is 1. The van der Waals surface area contributed by atoms with E-state index in [0.29, 0.717) is 18.1 Å². The molecule has 0 aromatic heterocycles. The predicted octanol–water partition coefficient (Wildman–Crippen LogP) is 3.49. The minimum atomic E-state index is -0.970. The first-order valence-corrected chi connectivity index (χ1v) is 9.14. The molecule has 1 N–H and O–H groups in total. The van der Waals surface area contributed by atoms with E-state index in [2.05, 4.69) is 5.32 Å². The van der Waals surface area contributed by atoms with E-state index < -0.39 is 18.0 Å². The van der Waals surface area contributed by atoms with Gasteiger partial charge in [-0.05, 0) is 55.3 Å². The van der Waals surface area contributed by atoms with Crippen molar-refractivity contribution in [2.45, 2.75) is 26.5 Å². The SMILES string of the molecule is CCOc1cc(/C=C/C(=O)O[C@H](C)C(=O)NCc2ccc(F)cc2)ccc1OC. The zero-order valence-corrected chi connectivity index (χ0v) is 16.6. The van der Waals surface area contributed by atoms with E-state index in [0.717, 1.165) is 11.1 Å². The van der Waals surface area contributed by atoms with Crippen LogP contribution in [0.3, 0.4) is 0 Å². The van der Waals surface area contributed by atoms with Gasteiger partial charge >= 0.3 is 5.97 Å². The Morgan fingerprint density at radius 3 is 2.52 bits per heavy atom. The molecule has 0 unspecified atom stereocenters. The Kier molecular flexibility index (Phi) is 8.21. The summed E-state index contributed by atoms with van der Waals surface area (Å²) in [6.45, 7) is 4.03. The van der Waals surface area contributed by atoms with Gasteiger partial charge in [-0.2, -0.15) is 0 Å². The van der Waals surface area contributed by atoms with Gasteiger partial charge in [0.2, 0.25) is 0 Å². The van der Waals surface area contributed by atoms with Crippen LogP contribution in [-0.2, 0) is 20.9 Å². The maximum atomic E-state index is 12.9. The van der Waals surface area contributed by atoms with Gasteiger partial charge in [-0.25, -0.2) is 9.18 Å². The summed E-state index contributed by atoms with van der Waals surface area (Å²) in [5.41, 5.74) is 1.46. The Bertz CT molecular complexity index is 864. The van der Waals surface area contributed by atoms with Crippen molar-refractivity contribution in [2.75, 3.05) is 13.7 Å². The van der Waals surface area contributed by atoms with Crippen molar-refractivity contribution in [1.82, 2.24) is 5.32 Å². The lowest BCUT2D eigenvalue weighted by Gasteiger charge is -2.12.